The minimum absolute atomic E-state index is 0.190. The van der Waals surface area contributed by atoms with Crippen molar-refractivity contribution in [3.05, 3.63) is 72.1 Å². The number of carbonyl (C=O) groups excluding carboxylic acids is 1. The molecule has 2 amide bonds. The van der Waals surface area contributed by atoms with E-state index in [9.17, 15) is 4.79 Å². The van der Waals surface area contributed by atoms with Crippen molar-refractivity contribution in [2.24, 2.45) is 0 Å². The summed E-state index contributed by atoms with van der Waals surface area (Å²) in [6, 6.07) is 20.4. The van der Waals surface area contributed by atoms with E-state index in [2.05, 4.69) is 56.7 Å². The first-order chi connectivity index (χ1) is 15.5. The van der Waals surface area contributed by atoms with Gasteiger partial charge in [0.05, 0.1) is 11.4 Å². The van der Waals surface area contributed by atoms with E-state index in [4.69, 9.17) is 0 Å². The quantitative estimate of drug-likeness (QED) is 0.622. The molecular weight excluding hydrogens is 400 g/mol. The van der Waals surface area contributed by atoms with E-state index in [1.807, 2.05) is 54.9 Å². The number of hydrogen-bond acceptors (Lipinski definition) is 4. The first-order valence-corrected chi connectivity index (χ1v) is 11.2. The summed E-state index contributed by atoms with van der Waals surface area (Å²) in [4.78, 5) is 17.3. The van der Waals surface area contributed by atoms with Crippen LogP contribution in [0.4, 0.5) is 16.2 Å². The number of para-hydroxylation sites is 1. The summed E-state index contributed by atoms with van der Waals surface area (Å²) in [5.74, 6) is 0. The Kier molecular flexibility index (Phi) is 6.75. The van der Waals surface area contributed by atoms with E-state index in [0.717, 1.165) is 48.9 Å². The second-order valence-electron chi connectivity index (χ2n) is 8.43. The number of nitrogens with zero attached hydrogens (tertiary/aromatic N) is 4. The van der Waals surface area contributed by atoms with Crippen LogP contribution in [0.5, 0.6) is 0 Å². The lowest BCUT2D eigenvalue weighted by Gasteiger charge is -2.39. The van der Waals surface area contributed by atoms with E-state index in [1.165, 1.54) is 5.69 Å². The molecule has 0 bridgehead atoms. The largest absolute Gasteiger partial charge is 0.369 e. The van der Waals surface area contributed by atoms with Gasteiger partial charge in [0.25, 0.3) is 0 Å². The van der Waals surface area contributed by atoms with Gasteiger partial charge in [0.15, 0.2) is 0 Å². The van der Waals surface area contributed by atoms with Gasteiger partial charge in [0, 0.05) is 55.8 Å². The van der Waals surface area contributed by atoms with Crippen LogP contribution in [0.2, 0.25) is 0 Å². The summed E-state index contributed by atoms with van der Waals surface area (Å²) < 4.78 is 1.88. The number of urea groups is 1. The molecule has 0 saturated carbocycles. The van der Waals surface area contributed by atoms with Gasteiger partial charge in [-0.05, 0) is 57.2 Å². The lowest BCUT2D eigenvalue weighted by molar-refractivity contribution is 0.192. The van der Waals surface area contributed by atoms with Crippen molar-refractivity contribution in [1.82, 2.24) is 20.0 Å². The first-order valence-electron chi connectivity index (χ1n) is 11.2. The van der Waals surface area contributed by atoms with Crippen LogP contribution in [-0.2, 0) is 0 Å². The Morgan fingerprint density at radius 2 is 1.69 bits per heavy atom. The zero-order chi connectivity index (χ0) is 22.5. The highest BCUT2D eigenvalue weighted by Crippen LogP contribution is 2.18. The molecule has 7 nitrogen and oxygen atoms in total. The van der Waals surface area contributed by atoms with Crippen LogP contribution in [0, 0.1) is 13.8 Å². The van der Waals surface area contributed by atoms with Crippen molar-refractivity contribution in [3.8, 4) is 5.69 Å². The Morgan fingerprint density at radius 3 is 2.38 bits per heavy atom. The van der Waals surface area contributed by atoms with Gasteiger partial charge in [-0.25, -0.2) is 9.48 Å². The normalized spacial score (nSPS) is 15.4. The molecule has 0 aliphatic carbocycles. The number of nitrogens with one attached hydrogen (secondary N) is 2. The van der Waals surface area contributed by atoms with Crippen LogP contribution in [-0.4, -0.2) is 59.5 Å². The molecular formula is C25H32N6O. The molecule has 0 radical (unpaired) electrons. The van der Waals surface area contributed by atoms with Crippen LogP contribution >= 0.6 is 0 Å². The third-order valence-corrected chi connectivity index (χ3v) is 5.98. The topological polar surface area (TPSA) is 65.4 Å². The molecule has 1 aromatic heterocycles. The molecule has 2 heterocycles. The molecule has 168 valence electrons. The van der Waals surface area contributed by atoms with E-state index >= 15 is 0 Å². The Morgan fingerprint density at radius 1 is 0.969 bits per heavy atom. The van der Waals surface area contributed by atoms with Gasteiger partial charge in [-0.15, -0.1) is 0 Å². The fraction of sp³-hybridized carbons (Fsp3) is 0.360. The SMILES string of the molecule is Cc1cc(C)n(-c2cccc(NC(=O)NCC(C)N3CCN(c4ccccc4)CC3)c2)n1. The lowest BCUT2D eigenvalue weighted by atomic mass is 10.2. The number of hydrogen-bond donors (Lipinski definition) is 2. The molecule has 4 rings (SSSR count). The average molecular weight is 433 g/mol. The standard InChI is InChI=1S/C25H32N6O/c1-19-16-20(2)31(28-19)24-11-7-8-22(17-24)27-25(32)26-18-21(3)29-12-14-30(15-13-29)23-9-5-4-6-10-23/h4-11,16-17,21H,12-15,18H2,1-3H3,(H2,26,27,32). The van der Waals surface area contributed by atoms with Gasteiger partial charge in [-0.2, -0.15) is 5.10 Å². The summed E-state index contributed by atoms with van der Waals surface area (Å²) in [6.07, 6.45) is 0. The number of benzene rings is 2. The average Bonchev–Trinajstić information content (AvgIpc) is 3.16. The maximum Gasteiger partial charge on any atom is 0.319 e. The summed E-state index contributed by atoms with van der Waals surface area (Å²) in [7, 11) is 0. The number of carbonyl (C=O) groups is 1. The van der Waals surface area contributed by atoms with Gasteiger partial charge < -0.3 is 15.5 Å². The monoisotopic (exact) mass is 432 g/mol. The Bertz CT molecular complexity index is 1040. The van der Waals surface area contributed by atoms with E-state index in [0.29, 0.717) is 6.54 Å². The van der Waals surface area contributed by atoms with Crippen LogP contribution in [0.1, 0.15) is 18.3 Å². The van der Waals surface area contributed by atoms with Crippen molar-refractivity contribution in [3.63, 3.8) is 0 Å². The van der Waals surface area contributed by atoms with Crippen molar-refractivity contribution in [1.29, 1.82) is 0 Å². The van der Waals surface area contributed by atoms with E-state index in [-0.39, 0.29) is 12.1 Å². The number of aryl methyl sites for hydroxylation is 2. The molecule has 1 aliphatic heterocycles. The minimum atomic E-state index is -0.190. The third kappa shape index (κ3) is 5.29. The van der Waals surface area contributed by atoms with Gasteiger partial charge in [0.1, 0.15) is 0 Å². The molecule has 7 heteroatoms. The lowest BCUT2D eigenvalue weighted by Crippen LogP contribution is -2.52. The van der Waals surface area contributed by atoms with Gasteiger partial charge in [0.2, 0.25) is 0 Å². The molecule has 1 aliphatic rings. The molecule has 3 aromatic rings. The Balaban J connectivity index is 1.25. The number of amides is 2. The number of anilines is 2. The van der Waals surface area contributed by atoms with Crippen LogP contribution < -0.4 is 15.5 Å². The molecule has 32 heavy (non-hydrogen) atoms. The maximum absolute atomic E-state index is 12.5. The number of rotatable bonds is 6. The zero-order valence-electron chi connectivity index (χ0n) is 19.1. The van der Waals surface area contributed by atoms with E-state index < -0.39 is 0 Å². The summed E-state index contributed by atoms with van der Waals surface area (Å²) in [6.45, 7) is 10.7. The molecule has 1 atom stereocenters. The fourth-order valence-corrected chi connectivity index (χ4v) is 4.21. The predicted molar refractivity (Wildman–Crippen MR) is 130 cm³/mol. The second-order valence-corrected chi connectivity index (χ2v) is 8.43. The Labute approximate surface area is 190 Å². The molecule has 2 N–H and O–H groups in total. The summed E-state index contributed by atoms with van der Waals surface area (Å²) in [5.41, 5.74) is 4.98. The van der Waals surface area contributed by atoms with Crippen molar-refractivity contribution < 1.29 is 4.79 Å². The molecule has 2 aromatic carbocycles. The highest BCUT2D eigenvalue weighted by molar-refractivity contribution is 5.89. The zero-order valence-corrected chi connectivity index (χ0v) is 19.1. The molecule has 1 fully saturated rings. The third-order valence-electron chi connectivity index (χ3n) is 5.98. The van der Waals surface area contributed by atoms with Crippen LogP contribution in [0.15, 0.2) is 60.7 Å². The van der Waals surface area contributed by atoms with Crippen molar-refractivity contribution >= 4 is 17.4 Å². The molecule has 1 saturated heterocycles. The number of aromatic nitrogens is 2. The fourth-order valence-electron chi connectivity index (χ4n) is 4.21. The summed E-state index contributed by atoms with van der Waals surface area (Å²) >= 11 is 0. The van der Waals surface area contributed by atoms with Crippen LogP contribution in [0.25, 0.3) is 5.69 Å². The maximum atomic E-state index is 12.5. The smallest absolute Gasteiger partial charge is 0.319 e. The van der Waals surface area contributed by atoms with Gasteiger partial charge in [-0.3, -0.25) is 4.90 Å². The van der Waals surface area contributed by atoms with E-state index in [1.54, 1.807) is 0 Å². The van der Waals surface area contributed by atoms with Crippen molar-refractivity contribution in [2.75, 3.05) is 42.9 Å². The minimum Gasteiger partial charge on any atom is -0.369 e. The van der Waals surface area contributed by atoms with Gasteiger partial charge >= 0.3 is 6.03 Å². The van der Waals surface area contributed by atoms with Crippen LogP contribution in [0.3, 0.4) is 0 Å². The second kappa shape index (κ2) is 9.87. The molecule has 0 spiro atoms. The Hall–Kier alpha value is -3.32. The highest BCUT2D eigenvalue weighted by Gasteiger charge is 2.21. The first kappa shape index (κ1) is 21.9. The predicted octanol–water partition coefficient (Wildman–Crippen LogP) is 3.82. The molecule has 1 unspecified atom stereocenters. The van der Waals surface area contributed by atoms with Gasteiger partial charge in [-0.1, -0.05) is 24.3 Å². The number of piperazine rings is 1. The summed E-state index contributed by atoms with van der Waals surface area (Å²) in [5, 5.41) is 10.5. The van der Waals surface area contributed by atoms with Crippen molar-refractivity contribution in [2.45, 2.75) is 26.8 Å². The highest BCUT2D eigenvalue weighted by atomic mass is 16.2.